The van der Waals surface area contributed by atoms with Crippen LogP contribution in [-0.2, 0) is 13.1 Å². The molecule has 0 radical (unpaired) electrons. The molecular formula is C21H27ClN6O. The number of hydrogen-bond donors (Lipinski definition) is 1. The second-order valence-corrected chi connectivity index (χ2v) is 7.46. The molecule has 1 fully saturated rings. The topological polar surface area (TPSA) is 77.6 Å². The summed E-state index contributed by atoms with van der Waals surface area (Å²) >= 11 is 0. The maximum absolute atomic E-state index is 13.2. The zero-order valence-electron chi connectivity index (χ0n) is 16.8. The lowest BCUT2D eigenvalue weighted by molar-refractivity contribution is 0.430. The van der Waals surface area contributed by atoms with Crippen molar-refractivity contribution >= 4 is 12.4 Å². The van der Waals surface area contributed by atoms with Crippen molar-refractivity contribution in [3.05, 3.63) is 75.5 Å². The first-order valence-corrected chi connectivity index (χ1v) is 9.83. The van der Waals surface area contributed by atoms with Crippen LogP contribution in [0.5, 0.6) is 0 Å². The van der Waals surface area contributed by atoms with Gasteiger partial charge in [-0.2, -0.15) is 5.10 Å². The second-order valence-electron chi connectivity index (χ2n) is 7.46. The van der Waals surface area contributed by atoms with Gasteiger partial charge < -0.3 is 5.32 Å². The first-order chi connectivity index (χ1) is 13.6. The van der Waals surface area contributed by atoms with E-state index in [1.165, 1.54) is 4.68 Å². The summed E-state index contributed by atoms with van der Waals surface area (Å²) in [5, 5.41) is 8.13. The molecule has 0 spiro atoms. The summed E-state index contributed by atoms with van der Waals surface area (Å²) in [6.07, 6.45) is 1.98. The fourth-order valence-corrected chi connectivity index (χ4v) is 3.86. The fourth-order valence-electron chi connectivity index (χ4n) is 3.86. The predicted molar refractivity (Wildman–Crippen MR) is 115 cm³/mol. The van der Waals surface area contributed by atoms with Crippen LogP contribution in [0.3, 0.4) is 0 Å². The third-order valence-corrected chi connectivity index (χ3v) is 5.16. The third kappa shape index (κ3) is 4.92. The normalized spacial score (nSPS) is 14.6. The van der Waals surface area contributed by atoms with Gasteiger partial charge >= 0.3 is 5.69 Å². The molecule has 29 heavy (non-hydrogen) atoms. The Morgan fingerprint density at radius 1 is 1.03 bits per heavy atom. The maximum Gasteiger partial charge on any atom is 0.346 e. The second kappa shape index (κ2) is 9.33. The van der Waals surface area contributed by atoms with Crippen LogP contribution in [0.15, 0.2) is 41.2 Å². The first kappa shape index (κ1) is 21.2. The Labute approximate surface area is 176 Å². The number of piperidine rings is 1. The molecule has 2 aromatic heterocycles. The Bertz CT molecular complexity index is 988. The molecule has 3 aromatic rings. The Balaban J connectivity index is 0.00000240. The van der Waals surface area contributed by atoms with Crippen LogP contribution in [-0.4, -0.2) is 37.4 Å². The number of aromatic nitrogens is 5. The zero-order chi connectivity index (χ0) is 19.5. The average Bonchev–Trinajstić information content (AvgIpc) is 2.98. The molecule has 1 saturated heterocycles. The van der Waals surface area contributed by atoms with E-state index in [9.17, 15) is 4.79 Å². The monoisotopic (exact) mass is 414 g/mol. The van der Waals surface area contributed by atoms with Crippen molar-refractivity contribution in [2.24, 2.45) is 0 Å². The zero-order valence-corrected chi connectivity index (χ0v) is 17.7. The molecular weight excluding hydrogens is 388 g/mol. The highest BCUT2D eigenvalue weighted by Crippen LogP contribution is 2.23. The van der Waals surface area contributed by atoms with E-state index >= 15 is 0 Å². The Kier molecular flexibility index (Phi) is 6.82. The molecule has 1 N–H and O–H groups in total. The van der Waals surface area contributed by atoms with E-state index in [4.69, 9.17) is 5.10 Å². The van der Waals surface area contributed by atoms with Crippen LogP contribution < -0.4 is 11.0 Å². The quantitative estimate of drug-likeness (QED) is 0.693. The van der Waals surface area contributed by atoms with Crippen LogP contribution in [0.1, 0.15) is 47.4 Å². The minimum Gasteiger partial charge on any atom is -0.317 e. The van der Waals surface area contributed by atoms with Crippen molar-refractivity contribution in [1.29, 1.82) is 0 Å². The number of benzene rings is 1. The number of nitrogens with one attached hydrogen (secondary N) is 1. The van der Waals surface area contributed by atoms with Crippen molar-refractivity contribution < 1.29 is 0 Å². The van der Waals surface area contributed by atoms with Crippen LogP contribution in [0.25, 0.3) is 0 Å². The molecule has 8 heteroatoms. The molecule has 0 unspecified atom stereocenters. The Hall–Kier alpha value is -2.51. The summed E-state index contributed by atoms with van der Waals surface area (Å²) in [5.74, 6) is 1.79. The van der Waals surface area contributed by atoms with Crippen LogP contribution >= 0.6 is 12.4 Å². The Morgan fingerprint density at radius 2 is 1.69 bits per heavy atom. The van der Waals surface area contributed by atoms with Crippen LogP contribution in [0.4, 0.5) is 0 Å². The molecule has 154 valence electrons. The lowest BCUT2D eigenvalue weighted by Crippen LogP contribution is -2.30. The van der Waals surface area contributed by atoms with Crippen molar-refractivity contribution in [3.8, 4) is 0 Å². The van der Waals surface area contributed by atoms with Gasteiger partial charge in [-0.1, -0.05) is 30.3 Å². The highest BCUT2D eigenvalue weighted by molar-refractivity contribution is 5.85. The third-order valence-electron chi connectivity index (χ3n) is 5.16. The molecule has 7 nitrogen and oxygen atoms in total. The molecule has 0 aliphatic carbocycles. The van der Waals surface area contributed by atoms with Crippen molar-refractivity contribution in [2.45, 2.75) is 45.7 Å². The van der Waals surface area contributed by atoms with E-state index in [1.807, 2.05) is 54.8 Å². The van der Waals surface area contributed by atoms with Gasteiger partial charge in [-0.25, -0.2) is 19.4 Å². The van der Waals surface area contributed by atoms with E-state index in [0.717, 1.165) is 48.7 Å². The lowest BCUT2D eigenvalue weighted by Gasteiger charge is -2.22. The fraction of sp³-hybridized carbons (Fsp3) is 0.429. The molecule has 4 rings (SSSR count). The molecule has 1 aliphatic heterocycles. The van der Waals surface area contributed by atoms with E-state index in [2.05, 4.69) is 15.3 Å². The number of hydrogen-bond acceptors (Lipinski definition) is 5. The van der Waals surface area contributed by atoms with E-state index < -0.39 is 0 Å². The minimum atomic E-state index is -0.0971. The number of halogens is 1. The molecule has 3 heterocycles. The van der Waals surface area contributed by atoms with Gasteiger partial charge in [0.15, 0.2) is 0 Å². The molecule has 0 amide bonds. The van der Waals surface area contributed by atoms with Crippen molar-refractivity contribution in [2.75, 3.05) is 13.1 Å². The van der Waals surface area contributed by atoms with Gasteiger partial charge in [0.05, 0.1) is 6.54 Å². The van der Waals surface area contributed by atoms with Gasteiger partial charge in [0.2, 0.25) is 0 Å². The van der Waals surface area contributed by atoms with Gasteiger partial charge in [-0.05, 0) is 51.4 Å². The highest BCUT2D eigenvalue weighted by Gasteiger charge is 2.24. The summed E-state index contributed by atoms with van der Waals surface area (Å²) in [6.45, 7) is 6.62. The number of nitrogens with zero attached hydrogens (tertiary/aromatic N) is 5. The first-order valence-electron chi connectivity index (χ1n) is 9.83. The van der Waals surface area contributed by atoms with Gasteiger partial charge in [0.1, 0.15) is 18.2 Å². The number of rotatable bonds is 5. The predicted octanol–water partition coefficient (Wildman–Crippen LogP) is 2.44. The standard InChI is InChI=1S/C21H26N6O.ClH/c1-15-12-16(2)24-19(23-15)14-27-21(28)26(13-17-6-4-3-5-7-17)20(25-27)18-8-10-22-11-9-18;/h3-7,12,18,22H,8-11,13-14H2,1-2H3;1H. The van der Waals surface area contributed by atoms with Gasteiger partial charge in [-0.15, -0.1) is 12.4 Å². The van der Waals surface area contributed by atoms with Gasteiger partial charge in [0, 0.05) is 17.3 Å². The van der Waals surface area contributed by atoms with Gasteiger partial charge in [-0.3, -0.25) is 4.57 Å². The van der Waals surface area contributed by atoms with Crippen molar-refractivity contribution in [3.63, 3.8) is 0 Å². The summed E-state index contributed by atoms with van der Waals surface area (Å²) in [6, 6.07) is 12.0. The smallest absolute Gasteiger partial charge is 0.317 e. The van der Waals surface area contributed by atoms with Gasteiger partial charge in [0.25, 0.3) is 0 Å². The van der Waals surface area contributed by atoms with Crippen LogP contribution in [0, 0.1) is 13.8 Å². The average molecular weight is 415 g/mol. The van der Waals surface area contributed by atoms with Crippen molar-refractivity contribution in [1.82, 2.24) is 29.6 Å². The van der Waals surface area contributed by atoms with E-state index in [1.54, 1.807) is 0 Å². The largest absolute Gasteiger partial charge is 0.346 e. The van der Waals surface area contributed by atoms with Crippen LogP contribution in [0.2, 0.25) is 0 Å². The molecule has 0 bridgehead atoms. The summed E-state index contributed by atoms with van der Waals surface area (Å²) in [7, 11) is 0. The summed E-state index contributed by atoms with van der Waals surface area (Å²) in [4.78, 5) is 22.2. The highest BCUT2D eigenvalue weighted by atomic mass is 35.5. The maximum atomic E-state index is 13.2. The number of aryl methyl sites for hydroxylation is 2. The minimum absolute atomic E-state index is 0. The SMILES string of the molecule is Cc1cc(C)nc(Cn2nc(C3CCNCC3)n(Cc3ccccc3)c2=O)n1.Cl. The van der Waals surface area contributed by atoms with E-state index in [0.29, 0.717) is 24.8 Å². The van der Waals surface area contributed by atoms with E-state index in [-0.39, 0.29) is 18.1 Å². The molecule has 0 atom stereocenters. The summed E-state index contributed by atoms with van der Waals surface area (Å²) < 4.78 is 3.35. The Morgan fingerprint density at radius 3 is 2.34 bits per heavy atom. The molecule has 1 aliphatic rings. The molecule has 0 saturated carbocycles. The molecule has 1 aromatic carbocycles. The lowest BCUT2D eigenvalue weighted by atomic mass is 9.97. The summed E-state index contributed by atoms with van der Waals surface area (Å²) in [5.41, 5.74) is 2.80.